The fraction of sp³-hybridized carbons (Fsp3) is 0.250. The van der Waals surface area contributed by atoms with Gasteiger partial charge in [-0.15, -0.1) is 0 Å². The van der Waals surface area contributed by atoms with E-state index < -0.39 is 0 Å². The molecular weight excluding hydrogens is 154 g/mol. The molecule has 12 heavy (non-hydrogen) atoms. The van der Waals surface area contributed by atoms with Crippen molar-refractivity contribution in [1.82, 2.24) is 9.97 Å². The first-order valence-corrected chi connectivity index (χ1v) is 3.66. The van der Waals surface area contributed by atoms with Gasteiger partial charge in [-0.05, 0) is 19.4 Å². The normalized spacial score (nSPS) is 10.8. The van der Waals surface area contributed by atoms with E-state index in [9.17, 15) is 0 Å². The lowest BCUT2D eigenvalue weighted by molar-refractivity contribution is 0.600. The third-order valence-electron chi connectivity index (χ3n) is 1.82. The van der Waals surface area contributed by atoms with Crippen LogP contribution in [0.3, 0.4) is 0 Å². The standard InChI is InChI=1S/C8H9N3O/c1-4-3-12-7-6(4)5(2)10-8(9)11-7/h3H,1-2H3,(H2,9,10,11). The zero-order valence-corrected chi connectivity index (χ0v) is 6.96. The van der Waals surface area contributed by atoms with Crippen LogP contribution in [0.2, 0.25) is 0 Å². The molecule has 0 fully saturated rings. The van der Waals surface area contributed by atoms with Crippen LogP contribution >= 0.6 is 0 Å². The van der Waals surface area contributed by atoms with Crippen molar-refractivity contribution >= 4 is 17.0 Å². The van der Waals surface area contributed by atoms with E-state index in [4.69, 9.17) is 10.2 Å². The second-order valence-electron chi connectivity index (χ2n) is 2.77. The zero-order chi connectivity index (χ0) is 8.72. The van der Waals surface area contributed by atoms with E-state index in [1.54, 1.807) is 6.26 Å². The molecule has 0 aromatic carbocycles. The first kappa shape index (κ1) is 7.09. The van der Waals surface area contributed by atoms with Gasteiger partial charge in [-0.25, -0.2) is 4.98 Å². The summed E-state index contributed by atoms with van der Waals surface area (Å²) in [5, 5.41) is 0.962. The van der Waals surface area contributed by atoms with Gasteiger partial charge < -0.3 is 10.2 Å². The molecule has 0 spiro atoms. The van der Waals surface area contributed by atoms with Crippen LogP contribution in [0.1, 0.15) is 11.3 Å². The Hall–Kier alpha value is -1.58. The number of rotatable bonds is 0. The lowest BCUT2D eigenvalue weighted by Crippen LogP contribution is -1.96. The van der Waals surface area contributed by atoms with E-state index in [1.165, 1.54) is 0 Å². The highest BCUT2D eigenvalue weighted by molar-refractivity contribution is 5.80. The number of anilines is 1. The minimum atomic E-state index is 0.259. The third-order valence-corrected chi connectivity index (χ3v) is 1.82. The fourth-order valence-electron chi connectivity index (χ4n) is 1.31. The summed E-state index contributed by atoms with van der Waals surface area (Å²) < 4.78 is 5.18. The van der Waals surface area contributed by atoms with Crippen LogP contribution in [-0.4, -0.2) is 9.97 Å². The zero-order valence-electron chi connectivity index (χ0n) is 6.96. The monoisotopic (exact) mass is 163 g/mol. The molecule has 0 bridgehead atoms. The van der Waals surface area contributed by atoms with Crippen LogP contribution in [0.4, 0.5) is 5.95 Å². The highest BCUT2D eigenvalue weighted by atomic mass is 16.3. The Morgan fingerprint density at radius 3 is 2.83 bits per heavy atom. The number of nitrogens with zero attached hydrogens (tertiary/aromatic N) is 2. The molecule has 0 saturated heterocycles. The van der Waals surface area contributed by atoms with Crippen molar-refractivity contribution in [3.8, 4) is 0 Å². The minimum absolute atomic E-state index is 0.259. The molecule has 62 valence electrons. The first-order valence-electron chi connectivity index (χ1n) is 3.66. The summed E-state index contributed by atoms with van der Waals surface area (Å²) in [7, 11) is 0. The number of aromatic nitrogens is 2. The highest BCUT2D eigenvalue weighted by Gasteiger charge is 2.07. The van der Waals surface area contributed by atoms with Gasteiger partial charge in [-0.1, -0.05) is 0 Å². The quantitative estimate of drug-likeness (QED) is 0.637. The van der Waals surface area contributed by atoms with Crippen LogP contribution in [0.15, 0.2) is 10.7 Å². The fourth-order valence-corrected chi connectivity index (χ4v) is 1.31. The molecule has 0 amide bonds. The lowest BCUT2D eigenvalue weighted by atomic mass is 10.2. The average Bonchev–Trinajstić information content (AvgIpc) is 2.31. The summed E-state index contributed by atoms with van der Waals surface area (Å²) in [4.78, 5) is 8.00. The number of aryl methyl sites for hydroxylation is 2. The molecular formula is C8H9N3O. The maximum atomic E-state index is 5.45. The van der Waals surface area contributed by atoms with Gasteiger partial charge in [0, 0.05) is 0 Å². The molecule has 2 aromatic rings. The molecule has 0 atom stereocenters. The van der Waals surface area contributed by atoms with Gasteiger partial charge in [0.15, 0.2) is 0 Å². The number of nitrogens with two attached hydrogens (primary N) is 1. The second-order valence-corrected chi connectivity index (χ2v) is 2.77. The van der Waals surface area contributed by atoms with E-state index in [-0.39, 0.29) is 5.95 Å². The Labute approximate surface area is 69.4 Å². The van der Waals surface area contributed by atoms with Crippen LogP contribution in [-0.2, 0) is 0 Å². The maximum absolute atomic E-state index is 5.45. The van der Waals surface area contributed by atoms with Gasteiger partial charge >= 0.3 is 0 Å². The predicted molar refractivity (Wildman–Crippen MR) is 45.7 cm³/mol. The summed E-state index contributed by atoms with van der Waals surface area (Å²) in [6.45, 7) is 3.85. The van der Waals surface area contributed by atoms with Crippen molar-refractivity contribution in [2.45, 2.75) is 13.8 Å². The molecule has 0 radical (unpaired) electrons. The SMILES string of the molecule is Cc1coc2nc(N)nc(C)c12. The van der Waals surface area contributed by atoms with Crippen molar-refractivity contribution in [3.05, 3.63) is 17.5 Å². The number of fused-ring (bicyclic) bond motifs is 1. The van der Waals surface area contributed by atoms with Gasteiger partial charge in [-0.3, -0.25) is 0 Å². The largest absolute Gasteiger partial charge is 0.446 e. The maximum Gasteiger partial charge on any atom is 0.231 e. The summed E-state index contributed by atoms with van der Waals surface area (Å²) in [6, 6.07) is 0. The van der Waals surface area contributed by atoms with Gasteiger partial charge in [0.05, 0.1) is 17.3 Å². The minimum Gasteiger partial charge on any atom is -0.446 e. The number of furan rings is 1. The molecule has 0 saturated carbocycles. The van der Waals surface area contributed by atoms with Gasteiger partial charge in [0.1, 0.15) is 0 Å². The van der Waals surface area contributed by atoms with E-state index in [0.717, 1.165) is 16.6 Å². The molecule has 2 rings (SSSR count). The van der Waals surface area contributed by atoms with Gasteiger partial charge in [0.2, 0.25) is 11.7 Å². The summed E-state index contributed by atoms with van der Waals surface area (Å²) in [6.07, 6.45) is 1.66. The number of nitrogen functional groups attached to an aromatic ring is 1. The molecule has 4 heteroatoms. The molecule has 0 aliphatic carbocycles. The molecule has 0 unspecified atom stereocenters. The Bertz CT molecular complexity index is 433. The molecule has 2 aromatic heterocycles. The smallest absolute Gasteiger partial charge is 0.231 e. The summed E-state index contributed by atoms with van der Waals surface area (Å²) >= 11 is 0. The molecule has 2 heterocycles. The van der Waals surface area contributed by atoms with Crippen LogP contribution in [0.25, 0.3) is 11.1 Å². The molecule has 0 aliphatic rings. The van der Waals surface area contributed by atoms with Gasteiger partial charge in [0.25, 0.3) is 0 Å². The number of hydrogen-bond donors (Lipinski definition) is 1. The third kappa shape index (κ3) is 0.845. The molecule has 4 nitrogen and oxygen atoms in total. The van der Waals surface area contributed by atoms with Crippen molar-refractivity contribution in [2.75, 3.05) is 5.73 Å². The Morgan fingerprint density at radius 1 is 1.33 bits per heavy atom. The Balaban J connectivity index is 2.93. The molecule has 0 aliphatic heterocycles. The van der Waals surface area contributed by atoms with E-state index in [2.05, 4.69) is 9.97 Å². The van der Waals surface area contributed by atoms with Crippen LogP contribution in [0.5, 0.6) is 0 Å². The van der Waals surface area contributed by atoms with E-state index in [1.807, 2.05) is 13.8 Å². The van der Waals surface area contributed by atoms with Crippen molar-refractivity contribution < 1.29 is 4.42 Å². The predicted octanol–water partition coefficient (Wildman–Crippen LogP) is 1.42. The van der Waals surface area contributed by atoms with E-state index in [0.29, 0.717) is 5.71 Å². The van der Waals surface area contributed by atoms with Crippen molar-refractivity contribution in [1.29, 1.82) is 0 Å². The van der Waals surface area contributed by atoms with Gasteiger partial charge in [-0.2, -0.15) is 4.98 Å². The second kappa shape index (κ2) is 2.20. The van der Waals surface area contributed by atoms with Crippen LogP contribution < -0.4 is 5.73 Å². The topological polar surface area (TPSA) is 64.9 Å². The highest BCUT2D eigenvalue weighted by Crippen LogP contribution is 2.21. The summed E-state index contributed by atoms with van der Waals surface area (Å²) in [5.41, 5.74) is 7.93. The Morgan fingerprint density at radius 2 is 2.08 bits per heavy atom. The molecule has 2 N–H and O–H groups in total. The lowest BCUT2D eigenvalue weighted by Gasteiger charge is -1.95. The summed E-state index contributed by atoms with van der Waals surface area (Å²) in [5.74, 6) is 0.259. The van der Waals surface area contributed by atoms with Crippen molar-refractivity contribution in [2.24, 2.45) is 0 Å². The van der Waals surface area contributed by atoms with Crippen LogP contribution in [0, 0.1) is 13.8 Å². The Kier molecular flexibility index (Phi) is 1.30. The average molecular weight is 163 g/mol. The van der Waals surface area contributed by atoms with Crippen molar-refractivity contribution in [3.63, 3.8) is 0 Å². The van der Waals surface area contributed by atoms with E-state index >= 15 is 0 Å². The first-order chi connectivity index (χ1) is 5.68. The number of hydrogen-bond acceptors (Lipinski definition) is 4.